The zero-order valence-corrected chi connectivity index (χ0v) is 7.63. The van der Waals surface area contributed by atoms with Crippen molar-refractivity contribution in [3.05, 3.63) is 0 Å². The third-order valence-corrected chi connectivity index (χ3v) is 1.41. The Morgan fingerprint density at radius 3 is 2.50 bits per heavy atom. The summed E-state index contributed by atoms with van der Waals surface area (Å²) < 4.78 is 17.7. The number of carboxylic acids is 1. The number of hydrogen-bond acceptors (Lipinski definition) is 2. The number of alkyl halides is 1. The monoisotopic (exact) mass is 178 g/mol. The van der Waals surface area contributed by atoms with Gasteiger partial charge in [-0.05, 0) is 20.8 Å². The Hall–Kier alpha value is -0.640. The van der Waals surface area contributed by atoms with Crippen LogP contribution in [0.2, 0.25) is 0 Å². The largest absolute Gasteiger partial charge is 0.479 e. The number of rotatable bonds is 5. The molecule has 0 aliphatic carbocycles. The number of hydrogen-bond donors (Lipinski definition) is 1. The van der Waals surface area contributed by atoms with E-state index in [2.05, 4.69) is 0 Å². The molecule has 0 bridgehead atoms. The maximum Gasteiger partial charge on any atom is 0.332 e. The lowest BCUT2D eigenvalue weighted by Crippen LogP contribution is -2.23. The fraction of sp³-hybridized carbons (Fsp3) is 0.875. The predicted octanol–water partition coefficient (Wildman–Crippen LogP) is 1.61. The zero-order valence-electron chi connectivity index (χ0n) is 7.63. The van der Waals surface area contributed by atoms with Crippen LogP contribution in [0, 0.1) is 0 Å². The molecule has 0 aromatic rings. The molecule has 3 nitrogen and oxygen atoms in total. The third-order valence-electron chi connectivity index (χ3n) is 1.41. The number of halogens is 1. The van der Waals surface area contributed by atoms with Gasteiger partial charge in [0.1, 0.15) is 5.67 Å². The van der Waals surface area contributed by atoms with Crippen molar-refractivity contribution in [1.29, 1.82) is 0 Å². The molecule has 0 heterocycles. The van der Waals surface area contributed by atoms with Crippen LogP contribution in [0.15, 0.2) is 0 Å². The van der Waals surface area contributed by atoms with E-state index in [0.717, 1.165) is 0 Å². The first-order valence-corrected chi connectivity index (χ1v) is 3.86. The van der Waals surface area contributed by atoms with Crippen molar-refractivity contribution in [1.82, 2.24) is 0 Å². The molecule has 1 N–H and O–H groups in total. The van der Waals surface area contributed by atoms with Crippen LogP contribution in [0.5, 0.6) is 0 Å². The van der Waals surface area contributed by atoms with Crippen LogP contribution in [0.1, 0.15) is 27.2 Å². The summed E-state index contributed by atoms with van der Waals surface area (Å²) in [6, 6.07) is 0. The van der Waals surface area contributed by atoms with E-state index < -0.39 is 17.7 Å². The average Bonchev–Trinajstić information content (AvgIpc) is 1.84. The molecule has 0 saturated carbocycles. The number of aliphatic carboxylic acids is 1. The van der Waals surface area contributed by atoms with E-state index in [0.29, 0.717) is 0 Å². The van der Waals surface area contributed by atoms with Crippen molar-refractivity contribution in [3.63, 3.8) is 0 Å². The lowest BCUT2D eigenvalue weighted by atomic mass is 10.1. The minimum atomic E-state index is -1.29. The average molecular weight is 178 g/mol. The summed E-state index contributed by atoms with van der Waals surface area (Å²) in [5, 5.41) is 8.39. The summed E-state index contributed by atoms with van der Waals surface area (Å²) in [7, 11) is 0. The van der Waals surface area contributed by atoms with Gasteiger partial charge >= 0.3 is 5.97 Å². The van der Waals surface area contributed by atoms with E-state index in [9.17, 15) is 9.18 Å². The van der Waals surface area contributed by atoms with Gasteiger partial charge in [-0.2, -0.15) is 0 Å². The van der Waals surface area contributed by atoms with Gasteiger partial charge in [0, 0.05) is 6.42 Å². The van der Waals surface area contributed by atoms with Gasteiger partial charge < -0.3 is 9.84 Å². The van der Waals surface area contributed by atoms with Gasteiger partial charge in [-0.25, -0.2) is 9.18 Å². The van der Waals surface area contributed by atoms with Crippen LogP contribution in [0.3, 0.4) is 0 Å². The molecule has 0 aromatic carbocycles. The molecule has 4 heteroatoms. The first-order valence-electron chi connectivity index (χ1n) is 3.86. The van der Waals surface area contributed by atoms with E-state index >= 15 is 0 Å². The second kappa shape index (κ2) is 4.40. The van der Waals surface area contributed by atoms with Crippen LogP contribution in [-0.2, 0) is 9.53 Å². The molecule has 0 rings (SSSR count). The zero-order chi connectivity index (χ0) is 9.78. The third kappa shape index (κ3) is 6.09. The van der Waals surface area contributed by atoms with Crippen molar-refractivity contribution in [2.45, 2.75) is 39.0 Å². The van der Waals surface area contributed by atoms with Gasteiger partial charge in [-0.3, -0.25) is 0 Å². The van der Waals surface area contributed by atoms with Gasteiger partial charge in [0.15, 0.2) is 6.10 Å². The van der Waals surface area contributed by atoms with E-state index in [-0.39, 0.29) is 13.0 Å². The standard InChI is InChI=1S/C8H15FO3/c1-6(7(10)11)12-5-4-8(2,3)9/h6H,4-5H2,1-3H3,(H,10,11). The highest BCUT2D eigenvalue weighted by Gasteiger charge is 2.17. The van der Waals surface area contributed by atoms with Crippen molar-refractivity contribution in [3.8, 4) is 0 Å². The van der Waals surface area contributed by atoms with Crippen molar-refractivity contribution >= 4 is 5.97 Å². The minimum Gasteiger partial charge on any atom is -0.479 e. The Morgan fingerprint density at radius 2 is 2.17 bits per heavy atom. The number of carboxylic acid groups (broad SMARTS) is 1. The quantitative estimate of drug-likeness (QED) is 0.695. The van der Waals surface area contributed by atoms with Gasteiger partial charge in [0.05, 0.1) is 6.61 Å². The van der Waals surface area contributed by atoms with Crippen LogP contribution in [0.4, 0.5) is 4.39 Å². The Kier molecular flexibility index (Phi) is 4.17. The Bertz CT molecular complexity index is 151. The lowest BCUT2D eigenvalue weighted by molar-refractivity contribution is -0.149. The Morgan fingerprint density at radius 1 is 1.67 bits per heavy atom. The second-order valence-corrected chi connectivity index (χ2v) is 3.32. The molecule has 0 radical (unpaired) electrons. The van der Waals surface area contributed by atoms with Crippen LogP contribution in [0.25, 0.3) is 0 Å². The van der Waals surface area contributed by atoms with Crippen LogP contribution >= 0.6 is 0 Å². The summed E-state index contributed by atoms with van der Waals surface area (Å²) in [4.78, 5) is 10.2. The molecule has 0 aromatic heterocycles. The second-order valence-electron chi connectivity index (χ2n) is 3.32. The summed E-state index contributed by atoms with van der Waals surface area (Å²) in [5.41, 5.74) is -1.29. The maximum absolute atomic E-state index is 12.8. The van der Waals surface area contributed by atoms with E-state index in [1.807, 2.05) is 0 Å². The molecular formula is C8H15FO3. The summed E-state index contributed by atoms with van der Waals surface area (Å²) >= 11 is 0. The normalized spacial score (nSPS) is 14.3. The Labute approximate surface area is 71.5 Å². The number of carbonyl (C=O) groups is 1. The molecule has 0 aliphatic heterocycles. The van der Waals surface area contributed by atoms with E-state index in [4.69, 9.17) is 9.84 Å². The first kappa shape index (κ1) is 11.4. The SMILES string of the molecule is CC(OCCC(C)(C)F)C(=O)O. The van der Waals surface area contributed by atoms with Gasteiger partial charge in [0.2, 0.25) is 0 Å². The molecule has 0 amide bonds. The fourth-order valence-corrected chi connectivity index (χ4v) is 0.550. The molecule has 0 fully saturated rings. The molecule has 72 valence electrons. The molecule has 0 saturated heterocycles. The molecule has 1 unspecified atom stereocenters. The van der Waals surface area contributed by atoms with Crippen LogP contribution in [-0.4, -0.2) is 29.5 Å². The first-order chi connectivity index (χ1) is 5.33. The van der Waals surface area contributed by atoms with E-state index in [1.54, 1.807) is 0 Å². The maximum atomic E-state index is 12.8. The van der Waals surface area contributed by atoms with Crippen molar-refractivity contribution in [2.24, 2.45) is 0 Å². The highest BCUT2D eigenvalue weighted by Crippen LogP contribution is 2.13. The molecule has 12 heavy (non-hydrogen) atoms. The van der Waals surface area contributed by atoms with E-state index in [1.165, 1.54) is 20.8 Å². The molecule has 1 atom stereocenters. The highest BCUT2D eigenvalue weighted by molar-refractivity contribution is 5.71. The van der Waals surface area contributed by atoms with Crippen molar-refractivity contribution in [2.75, 3.05) is 6.61 Å². The minimum absolute atomic E-state index is 0.136. The fourth-order valence-electron chi connectivity index (χ4n) is 0.550. The Balaban J connectivity index is 3.51. The molecule has 0 spiro atoms. The predicted molar refractivity (Wildman–Crippen MR) is 42.9 cm³/mol. The van der Waals surface area contributed by atoms with Crippen molar-refractivity contribution < 1.29 is 19.0 Å². The van der Waals surface area contributed by atoms with Crippen LogP contribution < -0.4 is 0 Å². The smallest absolute Gasteiger partial charge is 0.332 e. The summed E-state index contributed by atoms with van der Waals surface area (Å²) in [6.07, 6.45) is -0.641. The summed E-state index contributed by atoms with van der Waals surface area (Å²) in [5.74, 6) is -1.02. The highest BCUT2D eigenvalue weighted by atomic mass is 19.1. The van der Waals surface area contributed by atoms with Gasteiger partial charge in [0.25, 0.3) is 0 Å². The summed E-state index contributed by atoms with van der Waals surface area (Å²) in [6.45, 7) is 4.42. The lowest BCUT2D eigenvalue weighted by Gasteiger charge is -2.15. The topological polar surface area (TPSA) is 46.5 Å². The molecular weight excluding hydrogens is 163 g/mol. The van der Waals surface area contributed by atoms with Gasteiger partial charge in [-0.15, -0.1) is 0 Å². The molecule has 0 aliphatic rings. The van der Waals surface area contributed by atoms with Gasteiger partial charge in [-0.1, -0.05) is 0 Å². The number of ether oxygens (including phenoxy) is 1.